The van der Waals surface area contributed by atoms with Crippen LogP contribution in [0.1, 0.15) is 22.4 Å². The van der Waals surface area contributed by atoms with Gasteiger partial charge >= 0.3 is 0 Å². The minimum Gasteiger partial charge on any atom is -0.258 e. The molecule has 0 heterocycles. The van der Waals surface area contributed by atoms with E-state index in [9.17, 15) is 20.2 Å². The number of non-ortho nitro benzene ring substituents is 1. The number of benzene rings is 2. The fraction of sp³-hybridized carbons (Fsp3) is 0.200. The van der Waals surface area contributed by atoms with Crippen molar-refractivity contribution in [2.45, 2.75) is 17.7 Å². The lowest BCUT2D eigenvalue weighted by molar-refractivity contribution is -0.394. The second-order valence-electron chi connectivity index (χ2n) is 4.74. The third-order valence-electron chi connectivity index (χ3n) is 3.30. The summed E-state index contributed by atoms with van der Waals surface area (Å²) >= 11 is 3.56. The van der Waals surface area contributed by atoms with Crippen LogP contribution < -0.4 is 0 Å². The summed E-state index contributed by atoms with van der Waals surface area (Å²) in [5, 5.41) is 21.8. The number of hydrogen-bond donors (Lipinski definition) is 0. The molecule has 0 N–H and O–H groups in total. The van der Waals surface area contributed by atoms with E-state index in [1.54, 1.807) is 0 Å². The van der Waals surface area contributed by atoms with Gasteiger partial charge in [-0.2, -0.15) is 0 Å². The lowest BCUT2D eigenvalue weighted by atomic mass is 10.0. The summed E-state index contributed by atoms with van der Waals surface area (Å²) in [5.74, 6) is 0. The first-order valence-electron chi connectivity index (χ1n) is 6.59. The highest BCUT2D eigenvalue weighted by atomic mass is 79.9. The summed E-state index contributed by atoms with van der Waals surface area (Å²) < 4.78 is 0. The van der Waals surface area contributed by atoms with E-state index in [1.165, 1.54) is 12.1 Å². The summed E-state index contributed by atoms with van der Waals surface area (Å²) in [6.45, 7) is 0. The van der Waals surface area contributed by atoms with Crippen molar-refractivity contribution in [3.63, 3.8) is 0 Å². The summed E-state index contributed by atoms with van der Waals surface area (Å²) in [5.41, 5.74) is 1.11. The molecule has 0 spiro atoms. The van der Waals surface area contributed by atoms with Gasteiger partial charge in [-0.1, -0.05) is 46.3 Å². The standard InChI is InChI=1S/C15H13BrN2O4/c16-14(11-4-2-1-3-5-11)9-7-12-6-8-13(17(19)20)10-15(12)18(21)22/h1-6,8,10,14H,7,9H2. The highest BCUT2D eigenvalue weighted by Gasteiger charge is 2.20. The van der Waals surface area contributed by atoms with Gasteiger partial charge in [0.1, 0.15) is 0 Å². The van der Waals surface area contributed by atoms with E-state index in [0.29, 0.717) is 18.4 Å². The highest BCUT2D eigenvalue weighted by Crippen LogP contribution is 2.31. The van der Waals surface area contributed by atoms with Crippen molar-refractivity contribution in [1.29, 1.82) is 0 Å². The molecule has 0 aliphatic rings. The third-order valence-corrected chi connectivity index (χ3v) is 4.29. The smallest absolute Gasteiger partial charge is 0.258 e. The zero-order valence-corrected chi connectivity index (χ0v) is 13.1. The van der Waals surface area contributed by atoms with Gasteiger partial charge in [0.25, 0.3) is 11.4 Å². The van der Waals surface area contributed by atoms with Crippen molar-refractivity contribution in [2.75, 3.05) is 0 Å². The van der Waals surface area contributed by atoms with Crippen LogP contribution in [0.25, 0.3) is 0 Å². The molecule has 22 heavy (non-hydrogen) atoms. The minimum atomic E-state index is -0.631. The Morgan fingerprint density at radius 1 is 1.00 bits per heavy atom. The second kappa shape index (κ2) is 7.13. The van der Waals surface area contributed by atoms with Crippen LogP contribution in [0.3, 0.4) is 0 Å². The first-order valence-corrected chi connectivity index (χ1v) is 7.51. The molecule has 2 rings (SSSR count). The van der Waals surface area contributed by atoms with E-state index >= 15 is 0 Å². The molecule has 6 nitrogen and oxygen atoms in total. The van der Waals surface area contributed by atoms with E-state index in [4.69, 9.17) is 0 Å². The molecule has 0 aliphatic heterocycles. The van der Waals surface area contributed by atoms with Gasteiger partial charge in [0.15, 0.2) is 0 Å². The number of aryl methyl sites for hydroxylation is 1. The maximum atomic E-state index is 11.1. The normalized spacial score (nSPS) is 11.9. The average Bonchev–Trinajstić information content (AvgIpc) is 2.53. The van der Waals surface area contributed by atoms with Gasteiger partial charge < -0.3 is 0 Å². The number of nitro benzene ring substituents is 2. The topological polar surface area (TPSA) is 86.3 Å². The van der Waals surface area contributed by atoms with E-state index in [-0.39, 0.29) is 16.2 Å². The van der Waals surface area contributed by atoms with Gasteiger partial charge in [0.05, 0.1) is 15.9 Å². The van der Waals surface area contributed by atoms with Gasteiger partial charge in [-0.25, -0.2) is 0 Å². The van der Waals surface area contributed by atoms with Crippen LogP contribution >= 0.6 is 15.9 Å². The molecule has 1 unspecified atom stereocenters. The maximum absolute atomic E-state index is 11.1. The Labute approximate surface area is 135 Å². The van der Waals surface area contributed by atoms with Crippen molar-refractivity contribution in [1.82, 2.24) is 0 Å². The molecular weight excluding hydrogens is 352 g/mol. The Morgan fingerprint density at radius 3 is 2.27 bits per heavy atom. The van der Waals surface area contributed by atoms with Gasteiger partial charge in [0.2, 0.25) is 0 Å². The van der Waals surface area contributed by atoms with Crippen LogP contribution in [0, 0.1) is 20.2 Å². The highest BCUT2D eigenvalue weighted by molar-refractivity contribution is 9.09. The van der Waals surface area contributed by atoms with Crippen molar-refractivity contribution >= 4 is 27.3 Å². The van der Waals surface area contributed by atoms with Crippen LogP contribution in [0.4, 0.5) is 11.4 Å². The molecule has 0 aliphatic carbocycles. The molecule has 0 bridgehead atoms. The number of halogens is 1. The first-order chi connectivity index (χ1) is 10.5. The predicted molar refractivity (Wildman–Crippen MR) is 86.2 cm³/mol. The van der Waals surface area contributed by atoms with E-state index in [1.807, 2.05) is 30.3 Å². The molecule has 114 valence electrons. The summed E-state index contributed by atoms with van der Waals surface area (Å²) in [6.07, 6.45) is 1.11. The fourth-order valence-electron chi connectivity index (χ4n) is 2.16. The SMILES string of the molecule is O=[N+]([O-])c1ccc(CCC(Br)c2ccccc2)c([N+](=O)[O-])c1. The van der Waals surface area contributed by atoms with Crippen molar-refractivity contribution in [3.05, 3.63) is 79.9 Å². The van der Waals surface area contributed by atoms with Crippen LogP contribution in [-0.2, 0) is 6.42 Å². The number of alkyl halides is 1. The Hall–Kier alpha value is -2.28. The molecule has 0 saturated carbocycles. The molecule has 0 amide bonds. The lowest BCUT2D eigenvalue weighted by Gasteiger charge is -2.10. The van der Waals surface area contributed by atoms with Crippen molar-refractivity contribution < 1.29 is 9.85 Å². The zero-order valence-electron chi connectivity index (χ0n) is 11.5. The van der Waals surface area contributed by atoms with Gasteiger partial charge in [0, 0.05) is 16.5 Å². The predicted octanol–water partition coefficient (Wildman–Crippen LogP) is 4.57. The van der Waals surface area contributed by atoms with E-state index in [0.717, 1.165) is 11.6 Å². The van der Waals surface area contributed by atoms with Gasteiger partial charge in [-0.05, 0) is 24.5 Å². The molecule has 2 aromatic carbocycles. The van der Waals surface area contributed by atoms with Crippen molar-refractivity contribution in [2.24, 2.45) is 0 Å². The molecule has 0 saturated heterocycles. The maximum Gasteiger partial charge on any atom is 0.279 e. The first kappa shape index (κ1) is 16.1. The Balaban J connectivity index is 2.15. The fourth-order valence-corrected chi connectivity index (χ4v) is 2.69. The van der Waals surface area contributed by atoms with E-state index < -0.39 is 9.85 Å². The van der Waals surface area contributed by atoms with E-state index in [2.05, 4.69) is 15.9 Å². The number of nitro groups is 2. The minimum absolute atomic E-state index is 0.0727. The largest absolute Gasteiger partial charge is 0.279 e. The number of nitrogens with zero attached hydrogens (tertiary/aromatic N) is 2. The van der Waals surface area contributed by atoms with Crippen LogP contribution in [0.5, 0.6) is 0 Å². The molecule has 1 atom stereocenters. The summed E-state index contributed by atoms with van der Waals surface area (Å²) in [6, 6.07) is 13.5. The second-order valence-corrected chi connectivity index (χ2v) is 5.85. The average molecular weight is 365 g/mol. The van der Waals surface area contributed by atoms with Crippen LogP contribution in [0.2, 0.25) is 0 Å². The Morgan fingerprint density at radius 2 is 1.68 bits per heavy atom. The summed E-state index contributed by atoms with van der Waals surface area (Å²) in [4.78, 5) is 20.7. The molecule has 0 fully saturated rings. The number of hydrogen-bond acceptors (Lipinski definition) is 4. The van der Waals surface area contributed by atoms with Gasteiger partial charge in [-0.3, -0.25) is 20.2 Å². The summed E-state index contributed by atoms with van der Waals surface area (Å²) in [7, 11) is 0. The lowest BCUT2D eigenvalue weighted by Crippen LogP contribution is -2.00. The third kappa shape index (κ3) is 3.88. The molecule has 0 aromatic heterocycles. The molecule has 0 radical (unpaired) electrons. The quantitative estimate of drug-likeness (QED) is 0.426. The van der Waals surface area contributed by atoms with Crippen LogP contribution in [0.15, 0.2) is 48.5 Å². The number of rotatable bonds is 6. The Kier molecular flexibility index (Phi) is 5.21. The molecule has 2 aromatic rings. The van der Waals surface area contributed by atoms with Crippen molar-refractivity contribution in [3.8, 4) is 0 Å². The monoisotopic (exact) mass is 364 g/mol. The molecular formula is C15H13BrN2O4. The van der Waals surface area contributed by atoms with Gasteiger partial charge in [-0.15, -0.1) is 0 Å². The van der Waals surface area contributed by atoms with Crippen LogP contribution in [-0.4, -0.2) is 9.85 Å². The molecule has 7 heteroatoms. The Bertz CT molecular complexity index is 691. The zero-order chi connectivity index (χ0) is 16.1.